The molecular formula is C14H22O9Sr2. The minimum atomic E-state index is -1.14. The zero-order valence-electron chi connectivity index (χ0n) is 14.6. The molecule has 0 aliphatic carbocycles. The van der Waals surface area contributed by atoms with Gasteiger partial charge < -0.3 is 45.1 Å². The first-order valence-electron chi connectivity index (χ1n) is 6.83. The first-order chi connectivity index (χ1) is 10.0. The van der Waals surface area contributed by atoms with Crippen LogP contribution in [-0.4, -0.2) is 120 Å². The van der Waals surface area contributed by atoms with Gasteiger partial charge in [0.2, 0.25) is 0 Å². The van der Waals surface area contributed by atoms with Crippen LogP contribution >= 0.6 is 0 Å². The number of rotatable bonds is 10. The molecule has 0 amide bonds. The summed E-state index contributed by atoms with van der Waals surface area (Å²) in [4.78, 5) is 39.8. The molecule has 0 saturated heterocycles. The molecule has 0 aromatic carbocycles. The summed E-state index contributed by atoms with van der Waals surface area (Å²) >= 11 is 0. The van der Waals surface area contributed by atoms with Crippen molar-refractivity contribution in [3.05, 3.63) is 0 Å². The molecule has 11 heteroatoms. The van der Waals surface area contributed by atoms with Crippen LogP contribution in [0.25, 0.3) is 0 Å². The van der Waals surface area contributed by atoms with Crippen LogP contribution in [0.3, 0.4) is 0 Å². The molecule has 2 atom stereocenters. The SMILES string of the molecule is C[C@@H](CCC(=O)[O-])CC(=O)[O-].C[C@H](CCC(=O)[O-])CC(=O)[O-].O.[Sr+2].[Sr+2]. The Morgan fingerprint density at radius 3 is 1.04 bits per heavy atom. The molecule has 0 fully saturated rings. The van der Waals surface area contributed by atoms with Crippen molar-refractivity contribution in [1.29, 1.82) is 0 Å². The van der Waals surface area contributed by atoms with Crippen molar-refractivity contribution < 1.29 is 45.1 Å². The molecule has 0 aliphatic rings. The molecule has 0 radical (unpaired) electrons. The van der Waals surface area contributed by atoms with Crippen molar-refractivity contribution in [3.63, 3.8) is 0 Å². The van der Waals surface area contributed by atoms with E-state index in [1.54, 1.807) is 13.8 Å². The predicted octanol–water partition coefficient (Wildman–Crippen LogP) is -5.00. The van der Waals surface area contributed by atoms with Crippen LogP contribution in [0.5, 0.6) is 0 Å². The number of carbonyl (C=O) groups is 4. The van der Waals surface area contributed by atoms with E-state index in [0.717, 1.165) is 0 Å². The Labute approximate surface area is 221 Å². The average Bonchev–Trinajstić information content (AvgIpc) is 2.33. The number of carboxylic acid groups (broad SMARTS) is 4. The van der Waals surface area contributed by atoms with E-state index in [1.807, 2.05) is 0 Å². The van der Waals surface area contributed by atoms with Gasteiger partial charge in [0.05, 0.1) is 0 Å². The minimum absolute atomic E-state index is 0. The maximum absolute atomic E-state index is 9.98. The molecule has 0 bridgehead atoms. The van der Waals surface area contributed by atoms with Crippen LogP contribution in [0.15, 0.2) is 0 Å². The van der Waals surface area contributed by atoms with Crippen LogP contribution in [0, 0.1) is 11.8 Å². The van der Waals surface area contributed by atoms with Crippen LogP contribution in [-0.2, 0) is 19.2 Å². The van der Waals surface area contributed by atoms with Gasteiger partial charge in [0.1, 0.15) is 0 Å². The Bertz CT molecular complexity index is 352. The van der Waals surface area contributed by atoms with Crippen LogP contribution in [0.1, 0.15) is 52.4 Å². The van der Waals surface area contributed by atoms with Crippen LogP contribution < -0.4 is 20.4 Å². The van der Waals surface area contributed by atoms with Crippen molar-refractivity contribution in [2.24, 2.45) is 11.8 Å². The fraction of sp³-hybridized carbons (Fsp3) is 0.714. The van der Waals surface area contributed by atoms with E-state index >= 15 is 0 Å². The quantitative estimate of drug-likeness (QED) is 0.261. The summed E-state index contributed by atoms with van der Waals surface area (Å²) in [5.74, 6) is -4.88. The van der Waals surface area contributed by atoms with Gasteiger partial charge in [-0.2, -0.15) is 0 Å². The Morgan fingerprint density at radius 2 is 0.880 bits per heavy atom. The summed E-state index contributed by atoms with van der Waals surface area (Å²) in [6.45, 7) is 3.33. The average molecular weight is 510 g/mol. The van der Waals surface area contributed by atoms with Crippen molar-refractivity contribution in [2.75, 3.05) is 0 Å². The van der Waals surface area contributed by atoms with Gasteiger partial charge in [-0.05, 0) is 50.4 Å². The van der Waals surface area contributed by atoms with Crippen molar-refractivity contribution in [3.8, 4) is 0 Å². The van der Waals surface area contributed by atoms with Crippen molar-refractivity contribution in [1.82, 2.24) is 0 Å². The molecule has 25 heavy (non-hydrogen) atoms. The van der Waals surface area contributed by atoms with Crippen LogP contribution in [0.4, 0.5) is 0 Å². The minimum Gasteiger partial charge on any atom is -0.550 e. The summed E-state index contributed by atoms with van der Waals surface area (Å²) in [6.07, 6.45) is 0.302. The van der Waals surface area contributed by atoms with Crippen LogP contribution in [0.2, 0.25) is 0 Å². The van der Waals surface area contributed by atoms with Crippen molar-refractivity contribution >= 4 is 115 Å². The maximum Gasteiger partial charge on any atom is 2.00 e. The second kappa shape index (κ2) is 22.8. The third-order valence-corrected chi connectivity index (χ3v) is 2.71. The molecule has 0 aromatic rings. The smallest absolute Gasteiger partial charge is 0.550 e. The topological polar surface area (TPSA) is 192 Å². The normalized spacial score (nSPS) is 11.0. The first kappa shape index (κ1) is 36.7. The maximum atomic E-state index is 9.98. The second-order valence-corrected chi connectivity index (χ2v) is 5.18. The van der Waals surface area contributed by atoms with E-state index in [9.17, 15) is 39.6 Å². The predicted molar refractivity (Wildman–Crippen MR) is 81.2 cm³/mol. The number of hydrogen-bond donors (Lipinski definition) is 0. The number of carboxylic acids is 4. The Balaban J connectivity index is -0.0000000952. The Morgan fingerprint density at radius 1 is 0.640 bits per heavy atom. The number of aliphatic carboxylic acids is 4. The molecule has 0 heterocycles. The molecule has 9 nitrogen and oxygen atoms in total. The van der Waals surface area contributed by atoms with E-state index in [1.165, 1.54) is 0 Å². The monoisotopic (exact) mass is 510 g/mol. The van der Waals surface area contributed by atoms with E-state index in [0.29, 0.717) is 12.8 Å². The van der Waals surface area contributed by atoms with E-state index in [-0.39, 0.29) is 134 Å². The standard InChI is InChI=1S/2C7H12O4.H2O.2Sr/c2*1-5(4-7(10)11)2-3-6(8)9;;;/h2*5H,2-4H2,1H3,(H,8,9)(H,10,11);1H2;;/q;;;2*+2/p-4/t2*5-;;;/m10.../s1. The summed E-state index contributed by atoms with van der Waals surface area (Å²) in [5.41, 5.74) is 0. The van der Waals surface area contributed by atoms with Gasteiger partial charge in [0.25, 0.3) is 0 Å². The summed E-state index contributed by atoms with van der Waals surface area (Å²) in [7, 11) is 0. The third-order valence-electron chi connectivity index (χ3n) is 2.71. The van der Waals surface area contributed by atoms with E-state index < -0.39 is 23.9 Å². The fourth-order valence-corrected chi connectivity index (χ4v) is 1.50. The van der Waals surface area contributed by atoms with Gasteiger partial charge in [-0.1, -0.05) is 13.8 Å². The molecule has 0 spiro atoms. The molecule has 136 valence electrons. The second-order valence-electron chi connectivity index (χ2n) is 5.18. The van der Waals surface area contributed by atoms with Gasteiger partial charge in [-0.25, -0.2) is 0 Å². The largest absolute Gasteiger partial charge is 2.00 e. The third kappa shape index (κ3) is 36.5. The van der Waals surface area contributed by atoms with Gasteiger partial charge in [-0.15, -0.1) is 0 Å². The van der Waals surface area contributed by atoms with Gasteiger partial charge >= 0.3 is 91.0 Å². The van der Waals surface area contributed by atoms with E-state index in [4.69, 9.17) is 0 Å². The van der Waals surface area contributed by atoms with Gasteiger partial charge in [-0.3, -0.25) is 0 Å². The zero-order valence-corrected chi connectivity index (χ0v) is 21.5. The van der Waals surface area contributed by atoms with Gasteiger partial charge in [0, 0.05) is 23.9 Å². The zero-order chi connectivity index (χ0) is 17.7. The molecule has 0 aromatic heterocycles. The molecule has 0 rings (SSSR count). The number of carbonyl (C=O) groups excluding carboxylic acids is 4. The Kier molecular flexibility index (Phi) is 33.5. The summed E-state index contributed by atoms with van der Waals surface area (Å²) in [5, 5.41) is 39.8. The number of hydrogen-bond acceptors (Lipinski definition) is 8. The fourth-order valence-electron chi connectivity index (χ4n) is 1.50. The van der Waals surface area contributed by atoms with E-state index in [2.05, 4.69) is 0 Å². The molecule has 0 unspecified atom stereocenters. The summed E-state index contributed by atoms with van der Waals surface area (Å²) in [6, 6.07) is 0. The van der Waals surface area contributed by atoms with Crippen molar-refractivity contribution in [2.45, 2.75) is 52.4 Å². The first-order valence-corrected chi connectivity index (χ1v) is 6.83. The molecular weight excluding hydrogens is 487 g/mol. The molecule has 0 aliphatic heterocycles. The Hall–Kier alpha value is 0.801. The van der Waals surface area contributed by atoms with Gasteiger partial charge in [0.15, 0.2) is 0 Å². The molecule has 0 saturated carbocycles. The summed E-state index contributed by atoms with van der Waals surface area (Å²) < 4.78 is 0. The molecule has 2 N–H and O–H groups in total.